The van der Waals surface area contributed by atoms with Crippen molar-refractivity contribution in [1.29, 1.82) is 0 Å². The standard InChI is InChI=1S/C23H35Cl2N5O3.2ClH/c1-5-33-23(32)21(15(2)3)28-22(31)17(26)7-9-20-27-18-14-16(6-8-19(18)29(20)4)30(12-10-24)13-11-25;;/h6,8,14-15,17,21H,5,7,9-13,26H2,1-4H3,(H,28,31);2*1H. The Bertz CT molecular complexity index is 935. The van der Waals surface area contributed by atoms with Gasteiger partial charge in [-0.2, -0.15) is 0 Å². The van der Waals surface area contributed by atoms with Crippen LogP contribution in [0.4, 0.5) is 5.69 Å². The Kier molecular flexibility index (Phi) is 15.6. The van der Waals surface area contributed by atoms with Gasteiger partial charge in [0.1, 0.15) is 11.9 Å². The summed E-state index contributed by atoms with van der Waals surface area (Å²) in [5.74, 6) is 0.924. The number of hydrogen-bond acceptors (Lipinski definition) is 6. The summed E-state index contributed by atoms with van der Waals surface area (Å²) in [4.78, 5) is 31.6. The first kappa shape index (κ1) is 33.5. The Balaban J connectivity index is 0.00000578. The molecule has 8 nitrogen and oxygen atoms in total. The van der Waals surface area contributed by atoms with Gasteiger partial charge in [0.2, 0.25) is 5.91 Å². The monoisotopic (exact) mass is 571 g/mol. The number of anilines is 1. The van der Waals surface area contributed by atoms with Crippen molar-refractivity contribution in [2.75, 3.05) is 36.4 Å². The van der Waals surface area contributed by atoms with E-state index in [0.717, 1.165) is 22.5 Å². The first-order valence-electron chi connectivity index (χ1n) is 11.3. The highest BCUT2D eigenvalue weighted by Crippen LogP contribution is 2.23. The molecule has 200 valence electrons. The number of nitrogens with two attached hydrogens (primary N) is 1. The number of nitrogens with zero attached hydrogens (tertiary/aromatic N) is 3. The van der Waals surface area contributed by atoms with Crippen LogP contribution in [0.1, 0.15) is 33.0 Å². The van der Waals surface area contributed by atoms with Crippen molar-refractivity contribution in [3.05, 3.63) is 24.0 Å². The highest BCUT2D eigenvalue weighted by molar-refractivity contribution is 6.18. The lowest BCUT2D eigenvalue weighted by molar-refractivity contribution is -0.148. The van der Waals surface area contributed by atoms with Gasteiger partial charge in [0, 0.05) is 44.0 Å². The Morgan fingerprint density at radius 1 is 1.20 bits per heavy atom. The summed E-state index contributed by atoms with van der Waals surface area (Å²) in [6.07, 6.45) is 0.919. The summed E-state index contributed by atoms with van der Waals surface area (Å²) >= 11 is 11.9. The molecule has 2 rings (SSSR count). The number of esters is 1. The molecular formula is C23H37Cl4N5O3. The summed E-state index contributed by atoms with van der Waals surface area (Å²) in [5.41, 5.74) is 9.00. The van der Waals surface area contributed by atoms with Gasteiger partial charge in [-0.05, 0) is 37.5 Å². The van der Waals surface area contributed by atoms with E-state index >= 15 is 0 Å². The molecule has 0 saturated carbocycles. The molecule has 1 heterocycles. The highest BCUT2D eigenvalue weighted by Gasteiger charge is 2.27. The van der Waals surface area contributed by atoms with Crippen molar-refractivity contribution in [2.45, 2.75) is 45.7 Å². The second kappa shape index (κ2) is 16.3. The van der Waals surface area contributed by atoms with Crippen LogP contribution in [0, 0.1) is 5.92 Å². The van der Waals surface area contributed by atoms with E-state index in [0.29, 0.717) is 37.7 Å². The molecule has 0 spiro atoms. The van der Waals surface area contributed by atoms with E-state index in [9.17, 15) is 9.59 Å². The Morgan fingerprint density at radius 3 is 2.37 bits per heavy atom. The van der Waals surface area contributed by atoms with Gasteiger partial charge in [-0.1, -0.05) is 13.8 Å². The average Bonchev–Trinajstić information content (AvgIpc) is 3.10. The maximum Gasteiger partial charge on any atom is 0.328 e. The number of rotatable bonds is 13. The number of imidazole rings is 1. The normalized spacial score (nSPS) is 12.5. The van der Waals surface area contributed by atoms with E-state index in [2.05, 4.69) is 10.2 Å². The van der Waals surface area contributed by atoms with E-state index < -0.39 is 18.1 Å². The summed E-state index contributed by atoms with van der Waals surface area (Å²) in [5, 5.41) is 2.73. The fraction of sp³-hybridized carbons (Fsp3) is 0.609. The lowest BCUT2D eigenvalue weighted by Gasteiger charge is -2.22. The molecule has 0 fully saturated rings. The molecule has 2 aromatic rings. The molecule has 1 aromatic heterocycles. The van der Waals surface area contributed by atoms with Gasteiger partial charge in [0.15, 0.2) is 0 Å². The number of nitrogens with one attached hydrogen (secondary N) is 1. The zero-order valence-electron chi connectivity index (χ0n) is 20.6. The number of aryl methyl sites for hydroxylation is 2. The Labute approximate surface area is 230 Å². The van der Waals surface area contributed by atoms with Gasteiger partial charge in [-0.3, -0.25) is 4.79 Å². The summed E-state index contributed by atoms with van der Waals surface area (Å²) < 4.78 is 7.06. The predicted molar refractivity (Wildman–Crippen MR) is 149 cm³/mol. The molecule has 3 N–H and O–H groups in total. The molecule has 2 atom stereocenters. The van der Waals surface area contributed by atoms with Crippen molar-refractivity contribution in [2.24, 2.45) is 18.7 Å². The quantitative estimate of drug-likeness (QED) is 0.280. The van der Waals surface area contributed by atoms with Crippen LogP contribution in [-0.2, 0) is 27.8 Å². The van der Waals surface area contributed by atoms with Crippen molar-refractivity contribution in [1.82, 2.24) is 14.9 Å². The van der Waals surface area contributed by atoms with Crippen LogP contribution in [-0.4, -0.2) is 65.0 Å². The Hall–Kier alpha value is -1.45. The molecule has 0 aliphatic carbocycles. The van der Waals surface area contributed by atoms with Crippen molar-refractivity contribution < 1.29 is 14.3 Å². The second-order valence-electron chi connectivity index (χ2n) is 8.25. The number of benzene rings is 1. The van der Waals surface area contributed by atoms with E-state index in [-0.39, 0.29) is 43.2 Å². The molecule has 0 bridgehead atoms. The van der Waals surface area contributed by atoms with Gasteiger partial charge in [0.25, 0.3) is 0 Å². The van der Waals surface area contributed by atoms with Crippen LogP contribution in [0.5, 0.6) is 0 Å². The zero-order chi connectivity index (χ0) is 24.5. The molecule has 1 aromatic carbocycles. The first-order valence-corrected chi connectivity index (χ1v) is 12.3. The number of fused-ring (bicyclic) bond motifs is 1. The lowest BCUT2D eigenvalue weighted by atomic mass is 10.0. The zero-order valence-corrected chi connectivity index (χ0v) is 23.8. The fourth-order valence-electron chi connectivity index (χ4n) is 3.64. The molecule has 0 saturated heterocycles. The largest absolute Gasteiger partial charge is 0.464 e. The van der Waals surface area contributed by atoms with Gasteiger partial charge in [0.05, 0.1) is 23.7 Å². The number of carbonyl (C=O) groups is 2. The minimum Gasteiger partial charge on any atom is -0.464 e. The SMILES string of the molecule is CCOC(=O)C(NC(=O)C(N)CCc1nc2cc(N(CCCl)CCCl)ccc2n1C)C(C)C.Cl.Cl. The maximum absolute atomic E-state index is 12.6. The molecule has 0 aliphatic rings. The van der Waals surface area contributed by atoms with Crippen LogP contribution < -0.4 is 16.0 Å². The van der Waals surface area contributed by atoms with Gasteiger partial charge in [-0.15, -0.1) is 48.0 Å². The van der Waals surface area contributed by atoms with E-state index in [1.54, 1.807) is 6.92 Å². The van der Waals surface area contributed by atoms with E-state index in [1.807, 2.05) is 43.7 Å². The predicted octanol–water partition coefficient (Wildman–Crippen LogP) is 3.66. The molecule has 35 heavy (non-hydrogen) atoms. The number of halogens is 4. The van der Waals surface area contributed by atoms with E-state index in [1.165, 1.54) is 0 Å². The molecule has 0 radical (unpaired) electrons. The minimum absolute atomic E-state index is 0. The van der Waals surface area contributed by atoms with Crippen LogP contribution in [0.25, 0.3) is 11.0 Å². The fourth-order valence-corrected chi connectivity index (χ4v) is 4.05. The minimum atomic E-state index is -0.765. The van der Waals surface area contributed by atoms with Gasteiger partial charge < -0.3 is 25.3 Å². The van der Waals surface area contributed by atoms with Crippen LogP contribution in [0.15, 0.2) is 18.2 Å². The third kappa shape index (κ3) is 9.17. The summed E-state index contributed by atoms with van der Waals surface area (Å²) in [6.45, 7) is 7.09. The topological polar surface area (TPSA) is 102 Å². The van der Waals surface area contributed by atoms with Crippen LogP contribution in [0.3, 0.4) is 0 Å². The Morgan fingerprint density at radius 2 is 1.83 bits per heavy atom. The molecule has 0 aliphatic heterocycles. The number of aromatic nitrogens is 2. The molecule has 2 unspecified atom stereocenters. The second-order valence-corrected chi connectivity index (χ2v) is 9.01. The molecular weight excluding hydrogens is 536 g/mol. The number of carbonyl (C=O) groups excluding carboxylic acids is 2. The maximum atomic E-state index is 12.6. The van der Waals surface area contributed by atoms with Crippen molar-refractivity contribution in [3.8, 4) is 0 Å². The summed E-state index contributed by atoms with van der Waals surface area (Å²) in [7, 11) is 1.95. The number of alkyl halides is 2. The number of amides is 1. The van der Waals surface area contributed by atoms with Gasteiger partial charge >= 0.3 is 5.97 Å². The molecule has 1 amide bonds. The number of hydrogen-bond donors (Lipinski definition) is 2. The summed E-state index contributed by atoms with van der Waals surface area (Å²) in [6, 6.07) is 4.60. The van der Waals surface area contributed by atoms with Crippen LogP contribution in [0.2, 0.25) is 0 Å². The molecule has 12 heteroatoms. The third-order valence-electron chi connectivity index (χ3n) is 5.55. The van der Waals surface area contributed by atoms with Crippen LogP contribution >= 0.6 is 48.0 Å². The highest BCUT2D eigenvalue weighted by atomic mass is 35.5. The lowest BCUT2D eigenvalue weighted by Crippen LogP contribution is -2.51. The third-order valence-corrected chi connectivity index (χ3v) is 5.89. The number of ether oxygens (including phenoxy) is 1. The average molecular weight is 573 g/mol. The van der Waals surface area contributed by atoms with E-state index in [4.69, 9.17) is 38.7 Å². The van der Waals surface area contributed by atoms with Gasteiger partial charge in [-0.25, -0.2) is 9.78 Å². The van der Waals surface area contributed by atoms with Crippen molar-refractivity contribution in [3.63, 3.8) is 0 Å². The van der Waals surface area contributed by atoms with Crippen molar-refractivity contribution >= 4 is 76.6 Å². The smallest absolute Gasteiger partial charge is 0.328 e. The first-order chi connectivity index (χ1) is 15.7.